The van der Waals surface area contributed by atoms with E-state index in [0.29, 0.717) is 12.5 Å². The molecule has 0 heterocycles. The van der Waals surface area contributed by atoms with Crippen LogP contribution in [0.25, 0.3) is 0 Å². The van der Waals surface area contributed by atoms with Gasteiger partial charge >= 0.3 is 0 Å². The molecule has 0 aliphatic rings. The van der Waals surface area contributed by atoms with E-state index in [1.54, 1.807) is 6.07 Å². The molecule has 1 atom stereocenters. The van der Waals surface area contributed by atoms with Crippen LogP contribution in [-0.2, 0) is 5.41 Å². The Balaban J connectivity index is 3.19. The lowest BCUT2D eigenvalue weighted by Crippen LogP contribution is -2.37. The van der Waals surface area contributed by atoms with Crippen LogP contribution in [0.15, 0.2) is 24.3 Å². The Morgan fingerprint density at radius 1 is 1.36 bits per heavy atom. The van der Waals surface area contributed by atoms with Crippen LogP contribution in [0.4, 0.5) is 4.39 Å². The summed E-state index contributed by atoms with van der Waals surface area (Å²) in [4.78, 5) is 0. The van der Waals surface area contributed by atoms with Gasteiger partial charge in [-0.3, -0.25) is 0 Å². The van der Waals surface area contributed by atoms with Gasteiger partial charge in [-0.25, -0.2) is 4.39 Å². The minimum Gasteiger partial charge on any atom is -0.330 e. The Bertz CT molecular complexity index is 309. The largest absolute Gasteiger partial charge is 0.330 e. The SMILES string of the molecule is CC(C)C(C)(CN)c1ccccc1F. The van der Waals surface area contributed by atoms with Crippen LogP contribution in [-0.4, -0.2) is 6.54 Å². The fourth-order valence-electron chi connectivity index (χ4n) is 1.58. The maximum absolute atomic E-state index is 13.6. The lowest BCUT2D eigenvalue weighted by Gasteiger charge is -2.33. The fraction of sp³-hybridized carbons (Fsp3) is 0.500. The molecule has 0 aromatic heterocycles. The first-order valence-corrected chi connectivity index (χ1v) is 4.97. The Labute approximate surface area is 85.1 Å². The lowest BCUT2D eigenvalue weighted by atomic mass is 9.73. The quantitative estimate of drug-likeness (QED) is 0.788. The number of benzene rings is 1. The first-order chi connectivity index (χ1) is 6.52. The van der Waals surface area contributed by atoms with Crippen molar-refractivity contribution < 1.29 is 4.39 Å². The first kappa shape index (κ1) is 11.2. The molecule has 1 unspecified atom stereocenters. The van der Waals surface area contributed by atoms with E-state index in [9.17, 15) is 4.39 Å². The van der Waals surface area contributed by atoms with E-state index in [0.717, 1.165) is 5.56 Å². The zero-order valence-corrected chi connectivity index (χ0v) is 9.05. The van der Waals surface area contributed by atoms with E-state index in [4.69, 9.17) is 5.73 Å². The number of hydrogen-bond donors (Lipinski definition) is 1. The van der Waals surface area contributed by atoms with Crippen molar-refractivity contribution in [3.05, 3.63) is 35.6 Å². The lowest BCUT2D eigenvalue weighted by molar-refractivity contribution is 0.334. The average molecular weight is 195 g/mol. The molecule has 1 nitrogen and oxygen atoms in total. The zero-order valence-electron chi connectivity index (χ0n) is 9.05. The summed E-state index contributed by atoms with van der Waals surface area (Å²) in [6, 6.07) is 6.87. The highest BCUT2D eigenvalue weighted by Gasteiger charge is 2.31. The van der Waals surface area contributed by atoms with Gasteiger partial charge in [0.05, 0.1) is 0 Å². The smallest absolute Gasteiger partial charge is 0.127 e. The van der Waals surface area contributed by atoms with Crippen LogP contribution in [0.3, 0.4) is 0 Å². The molecule has 2 N–H and O–H groups in total. The van der Waals surface area contributed by atoms with E-state index in [1.165, 1.54) is 6.07 Å². The monoisotopic (exact) mass is 195 g/mol. The van der Waals surface area contributed by atoms with Gasteiger partial charge in [0, 0.05) is 12.0 Å². The van der Waals surface area contributed by atoms with E-state index in [2.05, 4.69) is 13.8 Å². The number of rotatable bonds is 3. The first-order valence-electron chi connectivity index (χ1n) is 4.97. The third-order valence-electron chi connectivity index (χ3n) is 3.19. The van der Waals surface area contributed by atoms with Crippen molar-refractivity contribution in [2.45, 2.75) is 26.2 Å². The van der Waals surface area contributed by atoms with Crippen molar-refractivity contribution in [3.63, 3.8) is 0 Å². The number of halogens is 1. The van der Waals surface area contributed by atoms with Crippen molar-refractivity contribution in [3.8, 4) is 0 Å². The normalized spacial score (nSPS) is 15.6. The van der Waals surface area contributed by atoms with E-state index in [-0.39, 0.29) is 11.2 Å². The predicted molar refractivity (Wildman–Crippen MR) is 57.6 cm³/mol. The maximum Gasteiger partial charge on any atom is 0.127 e. The molecule has 0 fully saturated rings. The van der Waals surface area contributed by atoms with Crippen LogP contribution in [0.5, 0.6) is 0 Å². The molecule has 0 spiro atoms. The Kier molecular flexibility index (Phi) is 3.27. The van der Waals surface area contributed by atoms with Crippen LogP contribution in [0, 0.1) is 11.7 Å². The summed E-state index contributed by atoms with van der Waals surface area (Å²) in [7, 11) is 0. The zero-order chi connectivity index (χ0) is 10.8. The second-order valence-electron chi connectivity index (χ2n) is 4.26. The van der Waals surface area contributed by atoms with Crippen molar-refractivity contribution in [1.82, 2.24) is 0 Å². The maximum atomic E-state index is 13.6. The summed E-state index contributed by atoms with van der Waals surface area (Å²) in [5.41, 5.74) is 6.19. The summed E-state index contributed by atoms with van der Waals surface area (Å²) < 4.78 is 13.6. The highest BCUT2D eigenvalue weighted by atomic mass is 19.1. The van der Waals surface area contributed by atoms with E-state index >= 15 is 0 Å². The third-order valence-corrected chi connectivity index (χ3v) is 3.19. The minimum absolute atomic E-state index is 0.158. The van der Waals surface area contributed by atoms with Gasteiger partial charge in [-0.05, 0) is 17.5 Å². The van der Waals surface area contributed by atoms with Crippen molar-refractivity contribution >= 4 is 0 Å². The molecule has 14 heavy (non-hydrogen) atoms. The summed E-state index contributed by atoms with van der Waals surface area (Å²) in [6.07, 6.45) is 0. The standard InChI is InChI=1S/C12H18FN/c1-9(2)12(3,8-14)10-6-4-5-7-11(10)13/h4-7,9H,8,14H2,1-3H3. The molecule has 1 rings (SSSR count). The molecule has 0 radical (unpaired) electrons. The highest BCUT2D eigenvalue weighted by molar-refractivity contribution is 5.27. The van der Waals surface area contributed by atoms with Crippen LogP contribution < -0.4 is 5.73 Å². The molecule has 0 amide bonds. The Morgan fingerprint density at radius 3 is 2.36 bits per heavy atom. The fourth-order valence-corrected chi connectivity index (χ4v) is 1.58. The summed E-state index contributed by atoms with van der Waals surface area (Å²) >= 11 is 0. The molecule has 0 saturated heterocycles. The third kappa shape index (κ3) is 1.80. The molecule has 0 bridgehead atoms. The van der Waals surface area contributed by atoms with Crippen molar-refractivity contribution in [1.29, 1.82) is 0 Å². The molecular formula is C12H18FN. The van der Waals surface area contributed by atoms with Gasteiger partial charge in [-0.2, -0.15) is 0 Å². The van der Waals surface area contributed by atoms with Crippen molar-refractivity contribution in [2.24, 2.45) is 11.7 Å². The molecule has 0 aliphatic carbocycles. The van der Waals surface area contributed by atoms with Crippen LogP contribution in [0.2, 0.25) is 0 Å². The molecule has 0 aliphatic heterocycles. The Hall–Kier alpha value is -0.890. The second kappa shape index (κ2) is 4.09. The molecular weight excluding hydrogens is 177 g/mol. The van der Waals surface area contributed by atoms with Gasteiger partial charge in [-0.1, -0.05) is 39.0 Å². The van der Waals surface area contributed by atoms with Gasteiger partial charge in [0.15, 0.2) is 0 Å². The van der Waals surface area contributed by atoms with Crippen LogP contribution in [0.1, 0.15) is 26.3 Å². The van der Waals surface area contributed by atoms with E-state index < -0.39 is 0 Å². The summed E-state index contributed by atoms with van der Waals surface area (Å²) in [5, 5.41) is 0. The topological polar surface area (TPSA) is 26.0 Å². The van der Waals surface area contributed by atoms with Gasteiger partial charge in [0.25, 0.3) is 0 Å². The van der Waals surface area contributed by atoms with Gasteiger partial charge in [0.1, 0.15) is 5.82 Å². The van der Waals surface area contributed by atoms with Gasteiger partial charge < -0.3 is 5.73 Å². The van der Waals surface area contributed by atoms with Gasteiger partial charge in [0.2, 0.25) is 0 Å². The molecule has 2 heteroatoms. The highest BCUT2D eigenvalue weighted by Crippen LogP contribution is 2.32. The minimum atomic E-state index is -0.272. The molecule has 78 valence electrons. The summed E-state index contributed by atoms with van der Waals surface area (Å²) in [5.74, 6) is 0.165. The molecule has 0 saturated carbocycles. The van der Waals surface area contributed by atoms with E-state index in [1.807, 2.05) is 19.1 Å². The molecule has 1 aromatic carbocycles. The number of hydrogen-bond acceptors (Lipinski definition) is 1. The number of nitrogens with two attached hydrogens (primary N) is 1. The van der Waals surface area contributed by atoms with Crippen molar-refractivity contribution in [2.75, 3.05) is 6.54 Å². The van der Waals surface area contributed by atoms with Crippen LogP contribution >= 0.6 is 0 Å². The summed E-state index contributed by atoms with van der Waals surface area (Å²) in [6.45, 7) is 6.61. The predicted octanol–water partition coefficient (Wildman–Crippen LogP) is 2.70. The van der Waals surface area contributed by atoms with Gasteiger partial charge in [-0.15, -0.1) is 0 Å². The average Bonchev–Trinajstić information content (AvgIpc) is 2.17. The Morgan fingerprint density at radius 2 is 1.93 bits per heavy atom. The second-order valence-corrected chi connectivity index (χ2v) is 4.26. The molecule has 1 aromatic rings.